The third-order valence-electron chi connectivity index (χ3n) is 3.27. The number of carbonyl (C=O) groups is 1. The molecule has 3 rings (SSSR count). The lowest BCUT2D eigenvalue weighted by Crippen LogP contribution is -2.20. The third kappa shape index (κ3) is 2.14. The van der Waals surface area contributed by atoms with Crippen LogP contribution in [-0.4, -0.2) is 13.0 Å². The molecule has 1 aliphatic heterocycles. The second-order valence-electron chi connectivity index (χ2n) is 4.47. The van der Waals surface area contributed by atoms with Crippen LogP contribution in [0, 0.1) is 0 Å². The quantitative estimate of drug-likeness (QED) is 0.903. The molecule has 4 nitrogen and oxygen atoms in total. The fourth-order valence-corrected chi connectivity index (χ4v) is 2.93. The molecule has 1 amide bonds. The Bertz CT molecular complexity index is 673. The van der Waals surface area contributed by atoms with Gasteiger partial charge in [0.1, 0.15) is 11.8 Å². The Labute approximate surface area is 125 Å². The zero-order valence-electron chi connectivity index (χ0n) is 10.8. The van der Waals surface area contributed by atoms with E-state index in [0.29, 0.717) is 5.75 Å². The number of carbonyl (C=O) groups excluding carboxylic acids is 1. The van der Waals surface area contributed by atoms with Crippen LogP contribution < -0.4 is 15.4 Å². The van der Waals surface area contributed by atoms with Gasteiger partial charge in [0.25, 0.3) is 5.91 Å². The number of hydrogen-bond donors (Lipinski definition) is 2. The first kappa shape index (κ1) is 13.0. The lowest BCUT2D eigenvalue weighted by Gasteiger charge is -2.16. The number of methoxy groups -OCH3 is 1. The predicted octanol–water partition coefficient (Wildman–Crippen LogP) is 3.56. The van der Waals surface area contributed by atoms with Gasteiger partial charge in [-0.2, -0.15) is 0 Å². The van der Waals surface area contributed by atoms with Crippen molar-refractivity contribution in [1.82, 2.24) is 0 Å². The van der Waals surface area contributed by atoms with Crippen LogP contribution in [0.2, 0.25) is 0 Å². The minimum atomic E-state index is -0.433. The minimum Gasteiger partial charge on any atom is -0.495 e. The van der Waals surface area contributed by atoms with E-state index in [1.807, 2.05) is 42.5 Å². The Morgan fingerprint density at radius 3 is 2.80 bits per heavy atom. The average molecular weight is 333 g/mol. The van der Waals surface area contributed by atoms with Gasteiger partial charge in [-0.1, -0.05) is 34.1 Å². The van der Waals surface area contributed by atoms with Gasteiger partial charge in [0, 0.05) is 15.7 Å². The first-order valence-corrected chi connectivity index (χ1v) is 6.99. The van der Waals surface area contributed by atoms with Crippen LogP contribution in [0.1, 0.15) is 11.6 Å². The molecule has 1 heterocycles. The summed E-state index contributed by atoms with van der Waals surface area (Å²) in [6, 6.07) is 12.8. The standard InChI is InChI=1S/C15H13BrN2O2/c1-20-12-8-3-2-6-10(12)17-14-13-9(16)5-4-7-11(13)18-15(14)19/h2-8,14,17H,1H3,(H,18,19). The van der Waals surface area contributed by atoms with Crippen molar-refractivity contribution in [3.8, 4) is 5.75 Å². The highest BCUT2D eigenvalue weighted by Crippen LogP contribution is 2.39. The van der Waals surface area contributed by atoms with Gasteiger partial charge in [-0.15, -0.1) is 0 Å². The predicted molar refractivity (Wildman–Crippen MR) is 82.1 cm³/mol. The van der Waals surface area contributed by atoms with E-state index < -0.39 is 6.04 Å². The topological polar surface area (TPSA) is 50.4 Å². The number of fused-ring (bicyclic) bond motifs is 1. The van der Waals surface area contributed by atoms with Crippen molar-refractivity contribution in [3.05, 3.63) is 52.5 Å². The second kappa shape index (κ2) is 5.17. The zero-order chi connectivity index (χ0) is 14.1. The molecule has 0 aliphatic carbocycles. The highest BCUT2D eigenvalue weighted by atomic mass is 79.9. The number of amides is 1. The van der Waals surface area contributed by atoms with Crippen molar-refractivity contribution in [2.45, 2.75) is 6.04 Å². The van der Waals surface area contributed by atoms with Crippen molar-refractivity contribution in [1.29, 1.82) is 0 Å². The van der Waals surface area contributed by atoms with Crippen LogP contribution in [-0.2, 0) is 4.79 Å². The van der Waals surface area contributed by atoms with Gasteiger partial charge in [-0.05, 0) is 24.3 Å². The van der Waals surface area contributed by atoms with Crippen molar-refractivity contribution in [2.75, 3.05) is 17.7 Å². The molecule has 0 aromatic heterocycles. The number of hydrogen-bond acceptors (Lipinski definition) is 3. The van der Waals surface area contributed by atoms with E-state index in [0.717, 1.165) is 21.4 Å². The largest absolute Gasteiger partial charge is 0.495 e. The number of para-hydroxylation sites is 2. The maximum Gasteiger partial charge on any atom is 0.251 e. The molecule has 0 saturated carbocycles. The summed E-state index contributed by atoms with van der Waals surface area (Å²) in [6.07, 6.45) is 0. The number of nitrogens with one attached hydrogen (secondary N) is 2. The Balaban J connectivity index is 1.98. The zero-order valence-corrected chi connectivity index (χ0v) is 12.4. The van der Waals surface area contributed by atoms with Crippen molar-refractivity contribution in [3.63, 3.8) is 0 Å². The fraction of sp³-hybridized carbons (Fsp3) is 0.133. The van der Waals surface area contributed by atoms with Gasteiger partial charge in [-0.25, -0.2) is 0 Å². The molecule has 2 aromatic rings. The first-order valence-electron chi connectivity index (χ1n) is 6.19. The molecule has 2 aromatic carbocycles. The average Bonchev–Trinajstić information content (AvgIpc) is 2.77. The lowest BCUT2D eigenvalue weighted by molar-refractivity contribution is -0.116. The van der Waals surface area contributed by atoms with Gasteiger partial charge in [0.05, 0.1) is 12.8 Å². The summed E-state index contributed by atoms with van der Waals surface area (Å²) < 4.78 is 6.21. The number of rotatable bonds is 3. The summed E-state index contributed by atoms with van der Waals surface area (Å²) in [6.45, 7) is 0. The highest BCUT2D eigenvalue weighted by molar-refractivity contribution is 9.10. The molecular formula is C15H13BrN2O2. The Hall–Kier alpha value is -2.01. The molecule has 0 radical (unpaired) electrons. The summed E-state index contributed by atoms with van der Waals surface area (Å²) in [4.78, 5) is 12.2. The molecule has 0 spiro atoms. The summed E-state index contributed by atoms with van der Waals surface area (Å²) in [7, 11) is 1.61. The van der Waals surface area contributed by atoms with Crippen molar-refractivity contribution < 1.29 is 9.53 Å². The van der Waals surface area contributed by atoms with E-state index in [1.54, 1.807) is 7.11 Å². The lowest BCUT2D eigenvalue weighted by atomic mass is 10.1. The number of halogens is 1. The highest BCUT2D eigenvalue weighted by Gasteiger charge is 2.32. The van der Waals surface area contributed by atoms with Gasteiger partial charge >= 0.3 is 0 Å². The molecule has 1 aliphatic rings. The number of anilines is 2. The van der Waals surface area contributed by atoms with E-state index in [9.17, 15) is 4.79 Å². The third-order valence-corrected chi connectivity index (χ3v) is 3.96. The molecule has 0 saturated heterocycles. The maximum absolute atomic E-state index is 12.2. The summed E-state index contributed by atoms with van der Waals surface area (Å²) >= 11 is 3.50. The van der Waals surface area contributed by atoms with Crippen molar-refractivity contribution >= 4 is 33.2 Å². The molecule has 2 N–H and O–H groups in total. The molecule has 0 fully saturated rings. The van der Waals surface area contributed by atoms with Crippen molar-refractivity contribution in [2.24, 2.45) is 0 Å². The molecule has 5 heteroatoms. The molecule has 1 unspecified atom stereocenters. The summed E-state index contributed by atoms with van der Waals surface area (Å²) in [5.74, 6) is 0.638. The minimum absolute atomic E-state index is 0.0715. The Morgan fingerprint density at radius 1 is 1.20 bits per heavy atom. The fourth-order valence-electron chi connectivity index (χ4n) is 2.33. The van der Waals surface area contributed by atoms with Gasteiger partial charge in [0.2, 0.25) is 0 Å². The smallest absolute Gasteiger partial charge is 0.251 e. The monoisotopic (exact) mass is 332 g/mol. The van der Waals surface area contributed by atoms with E-state index in [-0.39, 0.29) is 5.91 Å². The van der Waals surface area contributed by atoms with Crippen LogP contribution in [0.5, 0.6) is 5.75 Å². The Morgan fingerprint density at radius 2 is 2.00 bits per heavy atom. The number of ether oxygens (including phenoxy) is 1. The Kier molecular flexibility index (Phi) is 3.36. The maximum atomic E-state index is 12.2. The van der Waals surface area contributed by atoms with Gasteiger partial charge in [0.15, 0.2) is 0 Å². The van der Waals surface area contributed by atoms with E-state index in [1.165, 1.54) is 0 Å². The summed E-state index contributed by atoms with van der Waals surface area (Å²) in [5, 5.41) is 6.11. The molecule has 1 atom stereocenters. The van der Waals surface area contributed by atoms with Crippen LogP contribution in [0.25, 0.3) is 0 Å². The molecule has 102 valence electrons. The molecule has 20 heavy (non-hydrogen) atoms. The molecular weight excluding hydrogens is 320 g/mol. The van der Waals surface area contributed by atoms with E-state index in [4.69, 9.17) is 4.74 Å². The van der Waals surface area contributed by atoms with Crippen LogP contribution in [0.15, 0.2) is 46.9 Å². The second-order valence-corrected chi connectivity index (χ2v) is 5.32. The first-order chi connectivity index (χ1) is 9.70. The normalized spacial score (nSPS) is 16.5. The van der Waals surface area contributed by atoms with Crippen LogP contribution in [0.3, 0.4) is 0 Å². The molecule has 0 bridgehead atoms. The SMILES string of the molecule is COc1ccccc1NC1C(=O)Nc2cccc(Br)c21. The van der Waals surface area contributed by atoms with Crippen LogP contribution in [0.4, 0.5) is 11.4 Å². The van der Waals surface area contributed by atoms with E-state index in [2.05, 4.69) is 26.6 Å². The van der Waals surface area contributed by atoms with Gasteiger partial charge in [-0.3, -0.25) is 4.79 Å². The summed E-state index contributed by atoms with van der Waals surface area (Å²) in [5.41, 5.74) is 2.54. The van der Waals surface area contributed by atoms with Gasteiger partial charge < -0.3 is 15.4 Å². The van der Waals surface area contributed by atoms with E-state index >= 15 is 0 Å². The number of benzene rings is 2. The van der Waals surface area contributed by atoms with Crippen LogP contribution >= 0.6 is 15.9 Å².